The molecular weight excluding hydrogens is 302 g/mol. The van der Waals surface area contributed by atoms with Gasteiger partial charge in [-0.1, -0.05) is 42.5 Å². The highest BCUT2D eigenvalue weighted by molar-refractivity contribution is 9.10. The zero-order valence-corrected chi connectivity index (χ0v) is 11.8. The molecule has 0 unspecified atom stereocenters. The van der Waals surface area contributed by atoms with Gasteiger partial charge in [0.2, 0.25) is 0 Å². The first-order valence-corrected chi connectivity index (χ1v) is 6.86. The monoisotopic (exact) mass is 313 g/mol. The molecule has 1 heterocycles. The van der Waals surface area contributed by atoms with Crippen LogP contribution in [0.25, 0.3) is 10.8 Å². The molecule has 0 saturated carbocycles. The molecule has 0 amide bonds. The van der Waals surface area contributed by atoms with Gasteiger partial charge in [-0.05, 0) is 38.3 Å². The summed E-state index contributed by atoms with van der Waals surface area (Å²) < 4.78 is 2.62. The van der Waals surface area contributed by atoms with E-state index in [9.17, 15) is 4.79 Å². The molecule has 3 rings (SSSR count). The highest BCUT2D eigenvalue weighted by Crippen LogP contribution is 2.19. The molecule has 1 aromatic heterocycles. The molecule has 0 saturated heterocycles. The second-order valence-electron chi connectivity index (χ2n) is 4.45. The SMILES string of the molecule is O=c1ccc(Br)cn1Cc1cccc2ccccc12. The zero-order chi connectivity index (χ0) is 13.2. The predicted molar refractivity (Wildman–Crippen MR) is 81.5 cm³/mol. The molecule has 0 spiro atoms. The second kappa shape index (κ2) is 5.02. The first-order chi connectivity index (χ1) is 9.24. The molecule has 0 bridgehead atoms. The van der Waals surface area contributed by atoms with E-state index in [4.69, 9.17) is 0 Å². The summed E-state index contributed by atoms with van der Waals surface area (Å²) in [5.41, 5.74) is 1.16. The van der Waals surface area contributed by atoms with Crippen LogP contribution in [0.3, 0.4) is 0 Å². The highest BCUT2D eigenvalue weighted by atomic mass is 79.9. The summed E-state index contributed by atoms with van der Waals surface area (Å²) in [6, 6.07) is 17.7. The molecule has 3 aromatic rings. The van der Waals surface area contributed by atoms with Crippen LogP contribution in [0.2, 0.25) is 0 Å². The Balaban J connectivity index is 2.11. The van der Waals surface area contributed by atoms with Gasteiger partial charge in [-0.25, -0.2) is 0 Å². The number of halogens is 1. The molecule has 0 radical (unpaired) electrons. The number of aromatic nitrogens is 1. The molecule has 2 aromatic carbocycles. The molecule has 0 N–H and O–H groups in total. The van der Waals surface area contributed by atoms with Gasteiger partial charge in [0.25, 0.3) is 5.56 Å². The lowest BCUT2D eigenvalue weighted by Crippen LogP contribution is -2.18. The van der Waals surface area contributed by atoms with E-state index in [1.165, 1.54) is 10.8 Å². The van der Waals surface area contributed by atoms with Gasteiger partial charge in [-0.3, -0.25) is 4.79 Å². The Hall–Kier alpha value is -1.87. The van der Waals surface area contributed by atoms with E-state index in [-0.39, 0.29) is 5.56 Å². The zero-order valence-electron chi connectivity index (χ0n) is 10.2. The van der Waals surface area contributed by atoms with E-state index in [1.807, 2.05) is 24.4 Å². The van der Waals surface area contributed by atoms with E-state index < -0.39 is 0 Å². The maximum absolute atomic E-state index is 11.9. The fraction of sp³-hybridized carbons (Fsp3) is 0.0625. The molecule has 94 valence electrons. The van der Waals surface area contributed by atoms with Gasteiger partial charge in [0, 0.05) is 16.7 Å². The lowest BCUT2D eigenvalue weighted by Gasteiger charge is -2.09. The van der Waals surface area contributed by atoms with Gasteiger partial charge < -0.3 is 4.57 Å². The van der Waals surface area contributed by atoms with Gasteiger partial charge in [0.15, 0.2) is 0 Å². The van der Waals surface area contributed by atoms with Gasteiger partial charge in [-0.2, -0.15) is 0 Å². The molecule has 19 heavy (non-hydrogen) atoms. The Morgan fingerprint density at radius 2 is 1.74 bits per heavy atom. The van der Waals surface area contributed by atoms with Gasteiger partial charge in [0.05, 0.1) is 6.54 Å². The van der Waals surface area contributed by atoms with E-state index in [0.717, 1.165) is 10.0 Å². The smallest absolute Gasteiger partial charge is 0.250 e. The number of rotatable bonds is 2. The fourth-order valence-electron chi connectivity index (χ4n) is 2.24. The van der Waals surface area contributed by atoms with Crippen molar-refractivity contribution in [2.45, 2.75) is 6.54 Å². The minimum absolute atomic E-state index is 0.0103. The Kier molecular flexibility index (Phi) is 3.22. The first-order valence-electron chi connectivity index (χ1n) is 6.07. The van der Waals surface area contributed by atoms with Crippen molar-refractivity contribution in [2.75, 3.05) is 0 Å². The van der Waals surface area contributed by atoms with Crippen LogP contribution >= 0.6 is 15.9 Å². The molecule has 0 aliphatic rings. The molecular formula is C16H12BrNO. The highest BCUT2D eigenvalue weighted by Gasteiger charge is 2.03. The van der Waals surface area contributed by atoms with Crippen molar-refractivity contribution in [1.29, 1.82) is 0 Å². The third-order valence-corrected chi connectivity index (χ3v) is 3.64. The molecule has 0 fully saturated rings. The minimum Gasteiger partial charge on any atom is -0.310 e. The summed E-state index contributed by atoms with van der Waals surface area (Å²) in [7, 11) is 0. The second-order valence-corrected chi connectivity index (χ2v) is 5.37. The van der Waals surface area contributed by atoms with Crippen LogP contribution in [-0.4, -0.2) is 4.57 Å². The largest absolute Gasteiger partial charge is 0.310 e. The Morgan fingerprint density at radius 1 is 0.947 bits per heavy atom. The van der Waals surface area contributed by atoms with Crippen LogP contribution < -0.4 is 5.56 Å². The summed E-state index contributed by atoms with van der Waals surface area (Å²) in [6.45, 7) is 0.583. The van der Waals surface area contributed by atoms with Crippen LogP contribution in [-0.2, 0) is 6.54 Å². The van der Waals surface area contributed by atoms with Crippen molar-refractivity contribution in [3.05, 3.63) is 81.2 Å². The average molecular weight is 314 g/mol. The first kappa shape index (κ1) is 12.2. The van der Waals surface area contributed by atoms with Gasteiger partial charge in [-0.15, -0.1) is 0 Å². The summed E-state index contributed by atoms with van der Waals surface area (Å²) in [5, 5.41) is 2.39. The van der Waals surface area contributed by atoms with Crippen molar-refractivity contribution < 1.29 is 0 Å². The third kappa shape index (κ3) is 2.47. The molecule has 0 aliphatic carbocycles. The van der Waals surface area contributed by atoms with Crippen LogP contribution in [0, 0.1) is 0 Å². The van der Waals surface area contributed by atoms with Crippen molar-refractivity contribution in [3.63, 3.8) is 0 Å². The van der Waals surface area contributed by atoms with E-state index >= 15 is 0 Å². The Morgan fingerprint density at radius 3 is 2.63 bits per heavy atom. The average Bonchev–Trinajstić information content (AvgIpc) is 2.43. The Bertz CT molecular complexity index is 787. The number of fused-ring (bicyclic) bond motifs is 1. The maximum atomic E-state index is 11.9. The van der Waals surface area contributed by atoms with Crippen LogP contribution in [0.5, 0.6) is 0 Å². The van der Waals surface area contributed by atoms with Crippen molar-refractivity contribution in [3.8, 4) is 0 Å². The van der Waals surface area contributed by atoms with Crippen molar-refractivity contribution >= 4 is 26.7 Å². The number of hydrogen-bond donors (Lipinski definition) is 0. The van der Waals surface area contributed by atoms with Crippen LogP contribution in [0.15, 0.2) is 70.1 Å². The fourth-order valence-corrected chi connectivity index (χ4v) is 2.62. The molecule has 0 atom stereocenters. The van der Waals surface area contributed by atoms with Crippen LogP contribution in [0.4, 0.5) is 0 Å². The number of hydrogen-bond acceptors (Lipinski definition) is 1. The van der Waals surface area contributed by atoms with Gasteiger partial charge in [0.1, 0.15) is 0 Å². The standard InChI is InChI=1S/C16H12BrNO/c17-14-8-9-16(19)18(11-14)10-13-6-3-5-12-4-1-2-7-15(12)13/h1-9,11H,10H2. The minimum atomic E-state index is 0.0103. The van der Waals surface area contributed by atoms with E-state index in [2.05, 4.69) is 40.2 Å². The number of pyridine rings is 1. The molecule has 3 heteroatoms. The normalized spacial score (nSPS) is 10.8. The molecule has 2 nitrogen and oxygen atoms in total. The Labute approximate surface area is 119 Å². The predicted octanol–water partition coefficient (Wildman–Crippen LogP) is 3.81. The topological polar surface area (TPSA) is 22.0 Å². The lowest BCUT2D eigenvalue weighted by molar-refractivity contribution is 0.760. The van der Waals surface area contributed by atoms with Crippen LogP contribution in [0.1, 0.15) is 5.56 Å². The van der Waals surface area contributed by atoms with E-state index in [0.29, 0.717) is 6.54 Å². The third-order valence-electron chi connectivity index (χ3n) is 3.17. The summed E-state index contributed by atoms with van der Waals surface area (Å²) in [4.78, 5) is 11.9. The van der Waals surface area contributed by atoms with Crippen molar-refractivity contribution in [2.24, 2.45) is 0 Å². The summed E-state index contributed by atoms with van der Waals surface area (Å²) >= 11 is 3.40. The number of benzene rings is 2. The molecule has 0 aliphatic heterocycles. The lowest BCUT2D eigenvalue weighted by atomic mass is 10.0. The number of nitrogens with zero attached hydrogens (tertiary/aromatic N) is 1. The van der Waals surface area contributed by atoms with Crippen molar-refractivity contribution in [1.82, 2.24) is 4.57 Å². The van der Waals surface area contributed by atoms with Gasteiger partial charge >= 0.3 is 0 Å². The summed E-state index contributed by atoms with van der Waals surface area (Å²) in [5.74, 6) is 0. The maximum Gasteiger partial charge on any atom is 0.250 e. The summed E-state index contributed by atoms with van der Waals surface area (Å²) in [6.07, 6.45) is 1.82. The van der Waals surface area contributed by atoms with E-state index in [1.54, 1.807) is 16.7 Å². The quantitative estimate of drug-likeness (QED) is 0.705.